The van der Waals surface area contributed by atoms with Crippen molar-refractivity contribution in [3.05, 3.63) is 98.1 Å². The standard InChI is InChI=1S/C26H23Br2N3O4/c1-2-12-35-21-10-8-17(9-11-21)13-23(30-25(33)18-6-4-3-5-7-18)26(34)31-29-16-19-14-20(27)15-22(28)24(19)32/h3-11,13-16,32H,2,12H2,1H3,(H,30,33)(H,31,34)/b23-13-,29-16+. The van der Waals surface area contributed by atoms with Crippen molar-refractivity contribution in [2.24, 2.45) is 5.10 Å². The lowest BCUT2D eigenvalue weighted by Gasteiger charge is -2.10. The fourth-order valence-corrected chi connectivity index (χ4v) is 4.15. The van der Waals surface area contributed by atoms with Gasteiger partial charge in [0.2, 0.25) is 0 Å². The summed E-state index contributed by atoms with van der Waals surface area (Å²) in [6.45, 7) is 2.63. The number of hydrogen-bond acceptors (Lipinski definition) is 5. The van der Waals surface area contributed by atoms with Crippen molar-refractivity contribution < 1.29 is 19.4 Å². The van der Waals surface area contributed by atoms with Crippen molar-refractivity contribution >= 4 is 56.0 Å². The highest BCUT2D eigenvalue weighted by Crippen LogP contribution is 2.30. The first-order chi connectivity index (χ1) is 16.9. The quantitative estimate of drug-likeness (QED) is 0.168. The van der Waals surface area contributed by atoms with Crippen molar-refractivity contribution in [1.82, 2.24) is 10.7 Å². The minimum absolute atomic E-state index is 0.00197. The third-order valence-electron chi connectivity index (χ3n) is 4.62. The van der Waals surface area contributed by atoms with Gasteiger partial charge < -0.3 is 15.2 Å². The average molecular weight is 601 g/mol. The molecule has 9 heteroatoms. The molecule has 3 aromatic rings. The van der Waals surface area contributed by atoms with Gasteiger partial charge in [0, 0.05) is 15.6 Å². The van der Waals surface area contributed by atoms with E-state index in [1.165, 1.54) is 6.21 Å². The van der Waals surface area contributed by atoms with E-state index in [9.17, 15) is 14.7 Å². The van der Waals surface area contributed by atoms with E-state index in [1.807, 2.05) is 6.92 Å². The first-order valence-electron chi connectivity index (χ1n) is 10.7. The molecule has 0 aromatic heterocycles. The predicted molar refractivity (Wildman–Crippen MR) is 143 cm³/mol. The topological polar surface area (TPSA) is 100 Å². The van der Waals surface area contributed by atoms with Crippen LogP contribution >= 0.6 is 31.9 Å². The van der Waals surface area contributed by atoms with Gasteiger partial charge in [-0.2, -0.15) is 5.10 Å². The molecule has 35 heavy (non-hydrogen) atoms. The van der Waals surface area contributed by atoms with Gasteiger partial charge in [0.25, 0.3) is 11.8 Å². The summed E-state index contributed by atoms with van der Waals surface area (Å²) in [6.07, 6.45) is 3.74. The number of carbonyl (C=O) groups excluding carboxylic acids is 2. The van der Waals surface area contributed by atoms with Gasteiger partial charge in [0.15, 0.2) is 0 Å². The average Bonchev–Trinajstić information content (AvgIpc) is 2.86. The SMILES string of the molecule is CCCOc1ccc(/C=C(\NC(=O)c2ccccc2)C(=O)N/N=C/c2cc(Br)cc(Br)c2O)cc1. The van der Waals surface area contributed by atoms with E-state index in [1.54, 1.807) is 72.8 Å². The molecule has 2 amide bonds. The smallest absolute Gasteiger partial charge is 0.287 e. The first kappa shape index (κ1) is 26.2. The second-order valence-corrected chi connectivity index (χ2v) is 9.09. The molecule has 0 aliphatic rings. The highest BCUT2D eigenvalue weighted by atomic mass is 79.9. The number of aromatic hydroxyl groups is 1. The van der Waals surface area contributed by atoms with Gasteiger partial charge in [-0.05, 0) is 70.4 Å². The Labute approximate surface area is 220 Å². The van der Waals surface area contributed by atoms with Gasteiger partial charge in [-0.1, -0.05) is 53.2 Å². The summed E-state index contributed by atoms with van der Waals surface area (Å²) in [5.74, 6) is -0.379. The zero-order valence-corrected chi connectivity index (χ0v) is 22.0. The zero-order chi connectivity index (χ0) is 25.2. The van der Waals surface area contributed by atoms with Crippen LogP contribution in [0.3, 0.4) is 0 Å². The minimum Gasteiger partial charge on any atom is -0.506 e. The Bertz CT molecular complexity index is 1240. The Balaban J connectivity index is 1.82. The number of nitrogens with one attached hydrogen (secondary N) is 2. The predicted octanol–water partition coefficient (Wildman–Crippen LogP) is 5.63. The second-order valence-electron chi connectivity index (χ2n) is 7.32. The summed E-state index contributed by atoms with van der Waals surface area (Å²) in [4.78, 5) is 25.6. The maximum atomic E-state index is 12.9. The Hall–Kier alpha value is -3.43. The third-order valence-corrected chi connectivity index (χ3v) is 5.68. The maximum absolute atomic E-state index is 12.9. The zero-order valence-electron chi connectivity index (χ0n) is 18.8. The van der Waals surface area contributed by atoms with Crippen molar-refractivity contribution in [2.45, 2.75) is 13.3 Å². The lowest BCUT2D eigenvalue weighted by Crippen LogP contribution is -2.32. The summed E-state index contributed by atoms with van der Waals surface area (Å²) >= 11 is 6.59. The van der Waals surface area contributed by atoms with Crippen LogP contribution in [0.1, 0.15) is 34.8 Å². The molecule has 3 rings (SSSR count). The minimum atomic E-state index is -0.634. The number of phenols is 1. The summed E-state index contributed by atoms with van der Waals surface area (Å²) in [7, 11) is 0. The molecular formula is C26H23Br2N3O4. The Morgan fingerprint density at radius 1 is 1.06 bits per heavy atom. The maximum Gasteiger partial charge on any atom is 0.287 e. The fraction of sp³-hybridized carbons (Fsp3) is 0.115. The Morgan fingerprint density at radius 2 is 1.77 bits per heavy atom. The summed E-state index contributed by atoms with van der Waals surface area (Å²) in [5, 5.41) is 16.7. The van der Waals surface area contributed by atoms with Crippen LogP contribution in [0.5, 0.6) is 11.5 Å². The van der Waals surface area contributed by atoms with E-state index >= 15 is 0 Å². The van der Waals surface area contributed by atoms with Crippen molar-refractivity contribution in [3.8, 4) is 11.5 Å². The number of rotatable bonds is 9. The van der Waals surface area contributed by atoms with Gasteiger partial charge in [-0.15, -0.1) is 0 Å². The van der Waals surface area contributed by atoms with Crippen LogP contribution in [-0.4, -0.2) is 29.7 Å². The number of amides is 2. The van der Waals surface area contributed by atoms with E-state index in [0.29, 0.717) is 33.5 Å². The molecule has 3 N–H and O–H groups in total. The Morgan fingerprint density at radius 3 is 2.46 bits per heavy atom. The molecule has 0 fully saturated rings. The molecule has 7 nitrogen and oxygen atoms in total. The van der Waals surface area contributed by atoms with Crippen LogP contribution in [0.15, 0.2) is 86.5 Å². The van der Waals surface area contributed by atoms with Crippen LogP contribution in [0.2, 0.25) is 0 Å². The van der Waals surface area contributed by atoms with E-state index in [0.717, 1.165) is 10.9 Å². The van der Waals surface area contributed by atoms with Crippen LogP contribution in [0, 0.1) is 0 Å². The number of ether oxygens (including phenoxy) is 1. The molecule has 0 spiro atoms. The van der Waals surface area contributed by atoms with Gasteiger partial charge >= 0.3 is 0 Å². The number of carbonyl (C=O) groups is 2. The van der Waals surface area contributed by atoms with Crippen molar-refractivity contribution in [3.63, 3.8) is 0 Å². The summed E-state index contributed by atoms with van der Waals surface area (Å²) in [6, 6.07) is 19.1. The van der Waals surface area contributed by atoms with Crippen molar-refractivity contribution in [1.29, 1.82) is 0 Å². The summed E-state index contributed by atoms with van der Waals surface area (Å²) in [5.41, 5.74) is 3.86. The number of nitrogens with zero attached hydrogens (tertiary/aromatic N) is 1. The molecular weight excluding hydrogens is 578 g/mol. The number of benzene rings is 3. The van der Waals surface area contributed by atoms with Crippen LogP contribution in [0.25, 0.3) is 6.08 Å². The highest BCUT2D eigenvalue weighted by Gasteiger charge is 2.14. The van der Waals surface area contributed by atoms with Gasteiger partial charge in [-0.25, -0.2) is 5.43 Å². The van der Waals surface area contributed by atoms with Crippen molar-refractivity contribution in [2.75, 3.05) is 6.61 Å². The molecule has 0 aliphatic heterocycles. The highest BCUT2D eigenvalue weighted by molar-refractivity contribution is 9.11. The number of halogens is 2. The molecule has 0 heterocycles. The number of hydrogen-bond donors (Lipinski definition) is 3. The lowest BCUT2D eigenvalue weighted by atomic mass is 10.1. The summed E-state index contributed by atoms with van der Waals surface area (Å²) < 4.78 is 6.78. The molecule has 0 saturated heterocycles. The third kappa shape index (κ3) is 7.80. The van der Waals surface area contributed by atoms with Crippen LogP contribution < -0.4 is 15.5 Å². The van der Waals surface area contributed by atoms with E-state index in [4.69, 9.17) is 4.74 Å². The molecule has 0 radical (unpaired) electrons. The van der Waals surface area contributed by atoms with Gasteiger partial charge in [-0.3, -0.25) is 9.59 Å². The molecule has 0 atom stereocenters. The second kappa shape index (κ2) is 12.9. The van der Waals surface area contributed by atoms with Gasteiger partial charge in [0.1, 0.15) is 17.2 Å². The van der Waals surface area contributed by atoms with Crippen LogP contribution in [0.4, 0.5) is 0 Å². The fourth-order valence-electron chi connectivity index (χ4n) is 2.89. The van der Waals surface area contributed by atoms with Crippen LogP contribution in [-0.2, 0) is 4.79 Å². The Kier molecular flexibility index (Phi) is 9.63. The lowest BCUT2D eigenvalue weighted by molar-refractivity contribution is -0.117. The van der Waals surface area contributed by atoms with E-state index in [2.05, 4.69) is 47.7 Å². The van der Waals surface area contributed by atoms with E-state index in [-0.39, 0.29) is 11.4 Å². The molecule has 180 valence electrons. The largest absolute Gasteiger partial charge is 0.506 e. The van der Waals surface area contributed by atoms with E-state index < -0.39 is 11.8 Å². The normalized spacial score (nSPS) is 11.3. The molecule has 0 aliphatic carbocycles. The molecule has 0 unspecified atom stereocenters. The number of hydrazone groups is 1. The monoisotopic (exact) mass is 599 g/mol. The molecule has 0 bridgehead atoms. The molecule has 3 aromatic carbocycles. The molecule has 0 saturated carbocycles. The number of phenolic OH excluding ortho intramolecular Hbond substituents is 1. The first-order valence-corrected chi connectivity index (χ1v) is 12.3. The van der Waals surface area contributed by atoms with Gasteiger partial charge in [0.05, 0.1) is 17.3 Å².